The van der Waals surface area contributed by atoms with Crippen LogP contribution in [0.3, 0.4) is 0 Å². The molecule has 0 aliphatic heterocycles. The van der Waals surface area contributed by atoms with Gasteiger partial charge in [-0.2, -0.15) is 0 Å². The second-order valence-electron chi connectivity index (χ2n) is 12.3. The SMILES string of the molecule is CCCCCCCCCc1cc(S(=O)(=O)[O-])cc2ccccc12.CCCCCCCCCc1cc(S(=O)(=O)[O-])cc2ccccc12.[Ca+2]. The predicted octanol–water partition coefficient (Wildman–Crippen LogP) is 9.69. The van der Waals surface area contributed by atoms with E-state index in [9.17, 15) is 25.9 Å². The van der Waals surface area contributed by atoms with E-state index in [0.29, 0.717) is 0 Å². The van der Waals surface area contributed by atoms with Gasteiger partial charge in [0.05, 0.1) is 9.79 Å². The maximum Gasteiger partial charge on any atom is 2.00 e. The summed E-state index contributed by atoms with van der Waals surface area (Å²) in [6.07, 6.45) is 18.6. The zero-order valence-corrected chi connectivity index (χ0v) is 32.1. The molecular weight excluding hydrogens is 657 g/mol. The molecule has 0 unspecified atom stereocenters. The molecule has 0 radical (unpaired) electrons. The third-order valence-corrected chi connectivity index (χ3v) is 10.1. The molecule has 47 heavy (non-hydrogen) atoms. The van der Waals surface area contributed by atoms with E-state index in [4.69, 9.17) is 0 Å². The van der Waals surface area contributed by atoms with Gasteiger partial charge >= 0.3 is 37.7 Å². The monoisotopic (exact) mass is 706 g/mol. The number of aryl methyl sites for hydroxylation is 2. The Morgan fingerprint density at radius 2 is 0.787 bits per heavy atom. The molecule has 6 nitrogen and oxygen atoms in total. The zero-order chi connectivity index (χ0) is 33.4. The second kappa shape index (κ2) is 21.5. The molecule has 0 atom stereocenters. The fourth-order valence-corrected chi connectivity index (χ4v) is 7.08. The summed E-state index contributed by atoms with van der Waals surface area (Å²) in [4.78, 5) is -0.233. The summed E-state index contributed by atoms with van der Waals surface area (Å²) in [6, 6.07) is 21.4. The summed E-state index contributed by atoms with van der Waals surface area (Å²) in [5.74, 6) is 0. The Balaban J connectivity index is 0.000000320. The van der Waals surface area contributed by atoms with Gasteiger partial charge in [-0.05, 0) is 82.6 Å². The molecule has 0 saturated heterocycles. The summed E-state index contributed by atoms with van der Waals surface area (Å²) in [6.45, 7) is 4.42. The quantitative estimate of drug-likeness (QED) is 0.0578. The van der Waals surface area contributed by atoms with Crippen molar-refractivity contribution >= 4 is 79.5 Å². The van der Waals surface area contributed by atoms with E-state index in [1.807, 2.05) is 48.5 Å². The molecule has 0 spiro atoms. The van der Waals surface area contributed by atoms with Crippen molar-refractivity contribution in [2.24, 2.45) is 0 Å². The molecule has 0 aliphatic rings. The average molecular weight is 707 g/mol. The molecule has 0 N–H and O–H groups in total. The molecule has 0 fully saturated rings. The topological polar surface area (TPSA) is 114 Å². The first-order valence-electron chi connectivity index (χ1n) is 17.0. The van der Waals surface area contributed by atoms with Crippen LogP contribution in [0.4, 0.5) is 0 Å². The molecule has 0 amide bonds. The molecule has 9 heteroatoms. The van der Waals surface area contributed by atoms with E-state index in [2.05, 4.69) is 13.8 Å². The summed E-state index contributed by atoms with van der Waals surface area (Å²) in [5.41, 5.74) is 1.93. The molecule has 0 heterocycles. The molecular formula is C38H50CaO6S2. The third-order valence-electron chi connectivity index (χ3n) is 8.52. The van der Waals surface area contributed by atoms with Crippen molar-refractivity contribution in [3.8, 4) is 0 Å². The number of unbranched alkanes of at least 4 members (excludes halogenated alkanes) is 12. The van der Waals surface area contributed by atoms with E-state index in [1.54, 1.807) is 12.1 Å². The number of benzene rings is 4. The van der Waals surface area contributed by atoms with Crippen LogP contribution in [0, 0.1) is 0 Å². The van der Waals surface area contributed by atoms with Gasteiger partial charge in [0, 0.05) is 0 Å². The van der Waals surface area contributed by atoms with Crippen molar-refractivity contribution in [1.29, 1.82) is 0 Å². The maximum atomic E-state index is 11.3. The summed E-state index contributed by atoms with van der Waals surface area (Å²) in [5, 5.41) is 3.74. The van der Waals surface area contributed by atoms with E-state index in [0.717, 1.165) is 71.2 Å². The molecule has 252 valence electrons. The number of hydrogen-bond donors (Lipinski definition) is 0. The first-order chi connectivity index (χ1) is 22.0. The fourth-order valence-electron chi connectivity index (χ4n) is 5.97. The Morgan fingerprint density at radius 3 is 1.13 bits per heavy atom. The van der Waals surface area contributed by atoms with Crippen LogP contribution in [-0.4, -0.2) is 63.7 Å². The Kier molecular flexibility index (Phi) is 19.1. The van der Waals surface area contributed by atoms with Crippen LogP contribution in [0.25, 0.3) is 21.5 Å². The van der Waals surface area contributed by atoms with Crippen molar-refractivity contribution in [2.75, 3.05) is 0 Å². The Bertz CT molecular complexity index is 1610. The molecule has 0 bridgehead atoms. The van der Waals surface area contributed by atoms with Crippen molar-refractivity contribution in [3.63, 3.8) is 0 Å². The summed E-state index contributed by atoms with van der Waals surface area (Å²) < 4.78 is 68.1. The van der Waals surface area contributed by atoms with Crippen LogP contribution >= 0.6 is 0 Å². The van der Waals surface area contributed by atoms with Crippen LogP contribution in [0.15, 0.2) is 82.6 Å². The minimum atomic E-state index is -4.41. The van der Waals surface area contributed by atoms with Crippen LogP contribution in [0.5, 0.6) is 0 Å². The zero-order valence-electron chi connectivity index (χ0n) is 28.2. The molecule has 0 aromatic heterocycles. The van der Waals surface area contributed by atoms with Crippen LogP contribution in [-0.2, 0) is 33.1 Å². The van der Waals surface area contributed by atoms with Crippen LogP contribution in [0.2, 0.25) is 0 Å². The van der Waals surface area contributed by atoms with Gasteiger partial charge in [0.25, 0.3) is 0 Å². The van der Waals surface area contributed by atoms with Crippen molar-refractivity contribution in [3.05, 3.63) is 83.9 Å². The van der Waals surface area contributed by atoms with E-state index in [1.165, 1.54) is 76.3 Å². The largest absolute Gasteiger partial charge is 2.00 e. The van der Waals surface area contributed by atoms with Gasteiger partial charge in [-0.1, -0.05) is 139 Å². The predicted molar refractivity (Wildman–Crippen MR) is 193 cm³/mol. The van der Waals surface area contributed by atoms with E-state index < -0.39 is 20.2 Å². The number of fused-ring (bicyclic) bond motifs is 2. The third kappa shape index (κ3) is 14.5. The van der Waals surface area contributed by atoms with Gasteiger partial charge in [-0.25, -0.2) is 16.8 Å². The molecule has 0 saturated carbocycles. The normalized spacial score (nSPS) is 11.7. The van der Waals surface area contributed by atoms with Crippen LogP contribution < -0.4 is 0 Å². The van der Waals surface area contributed by atoms with Gasteiger partial charge in [0.1, 0.15) is 20.2 Å². The second-order valence-corrected chi connectivity index (χ2v) is 15.0. The van der Waals surface area contributed by atoms with Gasteiger partial charge in [-0.3, -0.25) is 0 Å². The summed E-state index contributed by atoms with van der Waals surface area (Å²) in [7, 11) is -8.82. The molecule has 4 aromatic rings. The average Bonchev–Trinajstić information content (AvgIpc) is 3.03. The first-order valence-corrected chi connectivity index (χ1v) is 19.8. The van der Waals surface area contributed by atoms with Gasteiger partial charge in [0.2, 0.25) is 0 Å². The van der Waals surface area contributed by atoms with Gasteiger partial charge < -0.3 is 9.11 Å². The number of rotatable bonds is 18. The van der Waals surface area contributed by atoms with Crippen molar-refractivity contribution in [2.45, 2.75) is 126 Å². The van der Waals surface area contributed by atoms with Crippen molar-refractivity contribution in [1.82, 2.24) is 0 Å². The Morgan fingerprint density at radius 1 is 0.468 bits per heavy atom. The Hall–Kier alpha value is -1.52. The van der Waals surface area contributed by atoms with E-state index in [-0.39, 0.29) is 47.5 Å². The smallest absolute Gasteiger partial charge is 0.744 e. The fraction of sp³-hybridized carbons (Fsp3) is 0.474. The minimum absolute atomic E-state index is 0. The first kappa shape index (κ1) is 41.7. The van der Waals surface area contributed by atoms with Gasteiger partial charge in [-0.15, -0.1) is 0 Å². The minimum Gasteiger partial charge on any atom is -0.744 e. The molecule has 4 rings (SSSR count). The Labute approximate surface area is 313 Å². The maximum absolute atomic E-state index is 11.3. The molecule has 4 aromatic carbocycles. The van der Waals surface area contributed by atoms with E-state index >= 15 is 0 Å². The number of hydrogen-bond acceptors (Lipinski definition) is 6. The van der Waals surface area contributed by atoms with Crippen molar-refractivity contribution < 1.29 is 25.9 Å². The summed E-state index contributed by atoms with van der Waals surface area (Å²) >= 11 is 0. The van der Waals surface area contributed by atoms with Gasteiger partial charge in [0.15, 0.2) is 0 Å². The molecule has 0 aliphatic carbocycles. The standard InChI is InChI=1S/2C19H26O3S.Ca/c2*1-2-3-4-5-6-7-8-11-16-14-18(23(20,21)22)15-17-12-9-10-13-19(16)17;/h2*9-10,12-15H,2-8,11H2,1H3,(H,20,21,22);/q;;+2/p-2. The van der Waals surface area contributed by atoms with Crippen LogP contribution in [0.1, 0.15) is 115 Å².